The molecule has 0 spiro atoms. The maximum Gasteiger partial charge on any atom is 0.225 e. The van der Waals surface area contributed by atoms with E-state index in [1.807, 2.05) is 4.90 Å². The van der Waals surface area contributed by atoms with Crippen molar-refractivity contribution in [1.29, 1.82) is 0 Å². The Morgan fingerprint density at radius 1 is 1.04 bits per heavy atom. The Bertz CT molecular complexity index is 696. The highest BCUT2D eigenvalue weighted by molar-refractivity contribution is 5.76. The Kier molecular flexibility index (Phi) is 5.20. The van der Waals surface area contributed by atoms with E-state index in [2.05, 4.69) is 25.8 Å². The number of likely N-dealkylation sites (tertiary alicyclic amines) is 1. The van der Waals surface area contributed by atoms with E-state index >= 15 is 0 Å². The van der Waals surface area contributed by atoms with E-state index in [9.17, 15) is 4.79 Å². The molecule has 5 rings (SSSR count). The molecule has 4 fully saturated rings. The Hall–Kier alpha value is -1.73. The summed E-state index contributed by atoms with van der Waals surface area (Å²) >= 11 is 0. The normalized spacial score (nSPS) is 29.1. The van der Waals surface area contributed by atoms with E-state index in [1.165, 1.54) is 25.0 Å². The van der Waals surface area contributed by atoms with Crippen molar-refractivity contribution in [1.82, 2.24) is 19.8 Å². The molecule has 3 saturated heterocycles. The molecule has 4 heterocycles. The lowest BCUT2D eigenvalue weighted by Crippen LogP contribution is -2.39. The second-order valence-electron chi connectivity index (χ2n) is 8.86. The molecule has 7 nitrogen and oxygen atoms in total. The van der Waals surface area contributed by atoms with E-state index in [0.29, 0.717) is 37.4 Å². The average Bonchev–Trinajstić information content (AvgIpc) is 3.14. The van der Waals surface area contributed by atoms with Crippen molar-refractivity contribution >= 4 is 11.7 Å². The lowest BCUT2D eigenvalue weighted by Gasteiger charge is -2.27. The zero-order valence-corrected chi connectivity index (χ0v) is 16.6. The van der Waals surface area contributed by atoms with Crippen molar-refractivity contribution in [2.75, 3.05) is 63.9 Å². The molecule has 1 aromatic rings. The van der Waals surface area contributed by atoms with Crippen molar-refractivity contribution in [2.45, 2.75) is 31.6 Å². The lowest BCUT2D eigenvalue weighted by atomic mass is 9.83. The van der Waals surface area contributed by atoms with Crippen molar-refractivity contribution in [3.8, 4) is 0 Å². The van der Waals surface area contributed by atoms with Crippen LogP contribution in [0.2, 0.25) is 0 Å². The Morgan fingerprint density at radius 2 is 1.86 bits per heavy atom. The third-order valence-corrected chi connectivity index (χ3v) is 7.09. The molecule has 0 bridgehead atoms. The van der Waals surface area contributed by atoms with Crippen LogP contribution in [0.1, 0.15) is 37.3 Å². The predicted molar refractivity (Wildman–Crippen MR) is 106 cm³/mol. The van der Waals surface area contributed by atoms with Crippen LogP contribution in [0.4, 0.5) is 5.82 Å². The molecular weight excluding hydrogens is 354 g/mol. The molecule has 4 aliphatic rings. The van der Waals surface area contributed by atoms with Crippen molar-refractivity contribution in [3.63, 3.8) is 0 Å². The van der Waals surface area contributed by atoms with Crippen molar-refractivity contribution in [3.05, 3.63) is 18.1 Å². The Labute approximate surface area is 167 Å². The number of anilines is 1. The van der Waals surface area contributed by atoms with Gasteiger partial charge in [0.25, 0.3) is 0 Å². The van der Waals surface area contributed by atoms with Gasteiger partial charge in [0.15, 0.2) is 0 Å². The van der Waals surface area contributed by atoms with Gasteiger partial charge in [-0.15, -0.1) is 0 Å². The van der Waals surface area contributed by atoms with Crippen LogP contribution in [0.5, 0.6) is 0 Å². The monoisotopic (exact) mass is 385 g/mol. The zero-order chi connectivity index (χ0) is 18.9. The Balaban J connectivity index is 1.13. The first-order valence-corrected chi connectivity index (χ1v) is 10.9. The number of ether oxygens (including phenoxy) is 1. The fraction of sp³-hybridized carbons (Fsp3) is 0.762. The third-order valence-electron chi connectivity index (χ3n) is 7.09. The van der Waals surface area contributed by atoms with Gasteiger partial charge in [0.05, 0.1) is 19.6 Å². The molecule has 0 radical (unpaired) electrons. The summed E-state index contributed by atoms with van der Waals surface area (Å²) in [5.41, 5.74) is 1.24. The van der Waals surface area contributed by atoms with Crippen LogP contribution < -0.4 is 4.90 Å². The number of nitrogens with zero attached hydrogens (tertiary/aromatic N) is 5. The number of fused-ring (bicyclic) bond motifs is 1. The summed E-state index contributed by atoms with van der Waals surface area (Å²) in [5, 5.41) is 0. The van der Waals surface area contributed by atoms with Crippen LogP contribution in [0, 0.1) is 11.8 Å². The van der Waals surface area contributed by atoms with Crippen LogP contribution in [-0.4, -0.2) is 84.7 Å². The van der Waals surface area contributed by atoms with Gasteiger partial charge < -0.3 is 19.4 Å². The van der Waals surface area contributed by atoms with Crippen LogP contribution in [0.25, 0.3) is 0 Å². The number of hydrogen-bond donors (Lipinski definition) is 0. The first-order chi connectivity index (χ1) is 13.8. The van der Waals surface area contributed by atoms with Gasteiger partial charge in [-0.05, 0) is 24.7 Å². The highest BCUT2D eigenvalue weighted by Crippen LogP contribution is 2.37. The third kappa shape index (κ3) is 3.74. The van der Waals surface area contributed by atoms with Crippen molar-refractivity contribution < 1.29 is 9.53 Å². The van der Waals surface area contributed by atoms with Crippen LogP contribution in [0.15, 0.2) is 12.4 Å². The summed E-state index contributed by atoms with van der Waals surface area (Å²) in [7, 11) is 0. The molecule has 1 amide bonds. The summed E-state index contributed by atoms with van der Waals surface area (Å²) in [6.07, 6.45) is 6.18. The maximum atomic E-state index is 12.1. The second-order valence-corrected chi connectivity index (χ2v) is 8.86. The highest BCUT2D eigenvalue weighted by atomic mass is 16.5. The number of carbonyl (C=O) groups is 1. The fourth-order valence-electron chi connectivity index (χ4n) is 5.14. The van der Waals surface area contributed by atoms with Gasteiger partial charge in [0.2, 0.25) is 5.91 Å². The minimum absolute atomic E-state index is 0.245. The molecule has 7 heteroatoms. The average molecular weight is 386 g/mol. The minimum atomic E-state index is 0.245. The molecule has 1 aliphatic carbocycles. The topological polar surface area (TPSA) is 61.8 Å². The van der Waals surface area contributed by atoms with Crippen LogP contribution in [-0.2, 0) is 9.53 Å². The summed E-state index contributed by atoms with van der Waals surface area (Å²) in [5.74, 6) is 3.45. The molecular formula is C21H31N5O2. The SMILES string of the molecule is O=C1CCOCCN1CCN1CC2CN(c3cc(C4CCC4)ncn3)CC2C1. The molecule has 2 atom stereocenters. The first-order valence-electron chi connectivity index (χ1n) is 10.9. The van der Waals surface area contributed by atoms with Gasteiger partial charge in [0.1, 0.15) is 12.1 Å². The van der Waals surface area contributed by atoms with E-state index in [1.54, 1.807) is 6.33 Å². The van der Waals surface area contributed by atoms with Gasteiger partial charge in [-0.1, -0.05) is 6.42 Å². The molecule has 0 aromatic carbocycles. The van der Waals surface area contributed by atoms with Crippen LogP contribution in [0.3, 0.4) is 0 Å². The largest absolute Gasteiger partial charge is 0.379 e. The highest BCUT2D eigenvalue weighted by Gasteiger charge is 2.40. The summed E-state index contributed by atoms with van der Waals surface area (Å²) < 4.78 is 5.42. The number of hydrogen-bond acceptors (Lipinski definition) is 6. The predicted octanol–water partition coefficient (Wildman–Crippen LogP) is 1.36. The lowest BCUT2D eigenvalue weighted by molar-refractivity contribution is -0.130. The molecule has 0 N–H and O–H groups in total. The fourth-order valence-corrected chi connectivity index (χ4v) is 5.14. The molecule has 152 valence electrons. The quantitative estimate of drug-likeness (QED) is 0.763. The first kappa shape index (κ1) is 18.3. The number of aromatic nitrogens is 2. The smallest absolute Gasteiger partial charge is 0.225 e. The number of carbonyl (C=O) groups excluding carboxylic acids is 1. The van der Waals surface area contributed by atoms with Gasteiger partial charge >= 0.3 is 0 Å². The summed E-state index contributed by atoms with van der Waals surface area (Å²) in [4.78, 5) is 28.2. The molecule has 1 aromatic heterocycles. The van der Waals surface area contributed by atoms with E-state index < -0.39 is 0 Å². The minimum Gasteiger partial charge on any atom is -0.379 e. The van der Waals surface area contributed by atoms with Crippen molar-refractivity contribution in [2.24, 2.45) is 11.8 Å². The second kappa shape index (κ2) is 7.95. The van der Waals surface area contributed by atoms with Gasteiger partial charge in [-0.2, -0.15) is 0 Å². The van der Waals surface area contributed by atoms with Crippen LogP contribution >= 0.6 is 0 Å². The standard InChI is InChI=1S/C21H31N5O2/c27-21-4-8-28-9-7-25(21)6-5-24-11-17-13-26(14-18(17)12-24)20-10-19(22-15-23-20)16-2-1-3-16/h10,15-18H,1-9,11-14H2. The van der Waals surface area contributed by atoms with Gasteiger partial charge in [-0.3, -0.25) is 4.79 Å². The molecule has 1 saturated carbocycles. The summed E-state index contributed by atoms with van der Waals surface area (Å²) in [6, 6.07) is 2.23. The maximum absolute atomic E-state index is 12.1. The number of amides is 1. The van der Waals surface area contributed by atoms with E-state index in [4.69, 9.17) is 4.74 Å². The van der Waals surface area contributed by atoms with E-state index in [-0.39, 0.29) is 5.91 Å². The molecule has 28 heavy (non-hydrogen) atoms. The molecule has 2 unspecified atom stereocenters. The van der Waals surface area contributed by atoms with E-state index in [0.717, 1.165) is 51.6 Å². The zero-order valence-electron chi connectivity index (χ0n) is 16.6. The van der Waals surface area contributed by atoms with Gasteiger partial charge in [0, 0.05) is 63.5 Å². The Morgan fingerprint density at radius 3 is 2.61 bits per heavy atom. The number of rotatable bonds is 5. The molecule has 3 aliphatic heterocycles. The summed E-state index contributed by atoms with van der Waals surface area (Å²) in [6.45, 7) is 8.28. The van der Waals surface area contributed by atoms with Gasteiger partial charge in [-0.25, -0.2) is 9.97 Å².